The summed E-state index contributed by atoms with van der Waals surface area (Å²) in [5.74, 6) is -10.0. The lowest BCUT2D eigenvalue weighted by Crippen LogP contribution is -2.29. The minimum Gasteiger partial charge on any atom is -0.491 e. The first kappa shape index (κ1) is 19.1. The quantitative estimate of drug-likeness (QED) is 0.590. The van der Waals surface area contributed by atoms with Crippen LogP contribution in [0.1, 0.15) is 5.56 Å². The summed E-state index contributed by atoms with van der Waals surface area (Å²) in [6, 6.07) is 4.62. The Morgan fingerprint density at radius 3 is 1.84 bits per heavy atom. The van der Waals surface area contributed by atoms with Gasteiger partial charge in [-0.1, -0.05) is 12.1 Å². The van der Waals surface area contributed by atoms with E-state index < -0.39 is 56.3 Å². The molecule has 0 bridgehead atoms. The summed E-state index contributed by atoms with van der Waals surface area (Å²) in [6.45, 7) is -0.406. The molecule has 0 heterocycles. The fourth-order valence-corrected chi connectivity index (χ4v) is 3.35. The molecule has 0 saturated carbocycles. The van der Waals surface area contributed by atoms with Gasteiger partial charge < -0.3 is 4.74 Å². The van der Waals surface area contributed by atoms with Crippen LogP contribution in [0.4, 0.5) is 22.0 Å². The summed E-state index contributed by atoms with van der Waals surface area (Å²) < 4.78 is 97.7. The summed E-state index contributed by atoms with van der Waals surface area (Å²) in [5, 5.41) is 0. The van der Waals surface area contributed by atoms with Gasteiger partial charge >= 0.3 is 0 Å². The molecule has 2 aromatic carbocycles. The molecule has 0 spiro atoms. The Balaban J connectivity index is 2.50. The molecule has 0 amide bonds. The Bertz CT molecular complexity index is 871. The van der Waals surface area contributed by atoms with Gasteiger partial charge in [-0.3, -0.25) is 0 Å². The fraction of sp³-hybridized carbons (Fsp3) is 0.200. The van der Waals surface area contributed by atoms with E-state index in [9.17, 15) is 30.4 Å². The average molecular weight is 381 g/mol. The first-order chi connectivity index (χ1) is 11.6. The van der Waals surface area contributed by atoms with E-state index in [0.29, 0.717) is 9.87 Å². The molecule has 0 aliphatic rings. The molecular formula is C15H12F5NO3S. The molecule has 0 atom stereocenters. The minimum atomic E-state index is -4.92. The maximum absolute atomic E-state index is 14.0. The smallest absolute Gasteiger partial charge is 0.249 e. The fourth-order valence-electron chi connectivity index (χ4n) is 2.08. The van der Waals surface area contributed by atoms with Gasteiger partial charge in [0.1, 0.15) is 5.82 Å². The number of sulfonamides is 1. The van der Waals surface area contributed by atoms with Crippen LogP contribution < -0.4 is 4.74 Å². The summed E-state index contributed by atoms with van der Waals surface area (Å²) in [4.78, 5) is -1.77. The van der Waals surface area contributed by atoms with Crippen molar-refractivity contribution in [1.29, 1.82) is 0 Å². The Morgan fingerprint density at radius 2 is 1.40 bits per heavy atom. The molecule has 0 fully saturated rings. The predicted molar refractivity (Wildman–Crippen MR) is 77.9 cm³/mol. The van der Waals surface area contributed by atoms with Crippen molar-refractivity contribution in [2.24, 2.45) is 0 Å². The Labute approximate surface area is 140 Å². The largest absolute Gasteiger partial charge is 0.491 e. The van der Waals surface area contributed by atoms with Crippen LogP contribution in [-0.4, -0.2) is 26.9 Å². The maximum atomic E-state index is 14.0. The van der Waals surface area contributed by atoms with Gasteiger partial charge in [-0.15, -0.1) is 0 Å². The molecule has 136 valence electrons. The normalized spacial score (nSPS) is 11.8. The molecule has 0 saturated heterocycles. The van der Waals surface area contributed by atoms with Gasteiger partial charge in [0.05, 0.1) is 7.11 Å². The van der Waals surface area contributed by atoms with Gasteiger partial charge in [0.15, 0.2) is 22.3 Å². The Kier molecular flexibility index (Phi) is 5.33. The average Bonchev–Trinajstić information content (AvgIpc) is 2.55. The third kappa shape index (κ3) is 3.45. The van der Waals surface area contributed by atoms with Crippen molar-refractivity contribution in [2.45, 2.75) is 11.4 Å². The SMILES string of the molecule is COc1c(F)c(F)c(S(=O)(=O)N(C)Cc2ccc(F)cc2)c(F)c1F. The topological polar surface area (TPSA) is 46.6 Å². The lowest BCUT2D eigenvalue weighted by atomic mass is 10.2. The molecule has 2 rings (SSSR count). The zero-order chi connectivity index (χ0) is 18.9. The van der Waals surface area contributed by atoms with Crippen molar-refractivity contribution in [3.05, 3.63) is 58.9 Å². The molecular weight excluding hydrogens is 369 g/mol. The second-order valence-corrected chi connectivity index (χ2v) is 6.99. The van der Waals surface area contributed by atoms with Gasteiger partial charge in [-0.25, -0.2) is 21.6 Å². The van der Waals surface area contributed by atoms with Gasteiger partial charge in [0.2, 0.25) is 21.7 Å². The lowest BCUT2D eigenvalue weighted by Gasteiger charge is -2.19. The monoisotopic (exact) mass is 381 g/mol. The summed E-state index contributed by atoms with van der Waals surface area (Å²) in [7, 11) is -3.20. The van der Waals surface area contributed by atoms with Crippen LogP contribution in [0, 0.1) is 29.1 Å². The van der Waals surface area contributed by atoms with Crippen molar-refractivity contribution in [3.8, 4) is 5.75 Å². The number of nitrogens with zero attached hydrogens (tertiary/aromatic N) is 1. The molecule has 0 aliphatic carbocycles. The van der Waals surface area contributed by atoms with Crippen LogP contribution in [0.3, 0.4) is 0 Å². The first-order valence-electron chi connectivity index (χ1n) is 6.72. The predicted octanol–water partition coefficient (Wildman–Crippen LogP) is 3.21. The highest BCUT2D eigenvalue weighted by Gasteiger charge is 2.36. The van der Waals surface area contributed by atoms with Crippen molar-refractivity contribution < 1.29 is 35.1 Å². The number of rotatable bonds is 5. The highest BCUT2D eigenvalue weighted by Crippen LogP contribution is 2.33. The van der Waals surface area contributed by atoms with E-state index in [2.05, 4.69) is 4.74 Å². The Hall–Kier alpha value is -2.20. The molecule has 0 unspecified atom stereocenters. The van der Waals surface area contributed by atoms with Crippen LogP contribution >= 0.6 is 0 Å². The number of methoxy groups -OCH3 is 1. The molecule has 0 N–H and O–H groups in total. The summed E-state index contributed by atoms with van der Waals surface area (Å²) >= 11 is 0. The number of halogens is 5. The molecule has 2 aromatic rings. The van der Waals surface area contributed by atoms with Crippen LogP contribution in [0.25, 0.3) is 0 Å². The van der Waals surface area contributed by atoms with Crippen molar-refractivity contribution >= 4 is 10.0 Å². The molecule has 4 nitrogen and oxygen atoms in total. The molecule has 25 heavy (non-hydrogen) atoms. The van der Waals surface area contributed by atoms with E-state index in [0.717, 1.165) is 26.3 Å². The standard InChI is InChI=1S/C15H12F5NO3S/c1-21(7-8-3-5-9(16)6-4-8)25(22,23)15-12(19)10(17)14(24-2)11(18)13(15)20/h3-6H,7H2,1-2H3. The lowest BCUT2D eigenvalue weighted by molar-refractivity contribution is 0.320. The Morgan fingerprint density at radius 1 is 0.920 bits per heavy atom. The molecule has 0 aromatic heterocycles. The zero-order valence-electron chi connectivity index (χ0n) is 13.0. The van der Waals surface area contributed by atoms with Crippen LogP contribution in [0.15, 0.2) is 29.2 Å². The number of benzene rings is 2. The second kappa shape index (κ2) is 6.96. The zero-order valence-corrected chi connectivity index (χ0v) is 13.8. The van der Waals surface area contributed by atoms with Crippen molar-refractivity contribution in [3.63, 3.8) is 0 Å². The van der Waals surface area contributed by atoms with Gasteiger partial charge in [-0.2, -0.15) is 13.1 Å². The van der Waals surface area contributed by atoms with Crippen molar-refractivity contribution in [1.82, 2.24) is 4.31 Å². The van der Waals surface area contributed by atoms with Crippen LogP contribution in [-0.2, 0) is 16.6 Å². The number of ether oxygens (including phenoxy) is 1. The maximum Gasteiger partial charge on any atom is 0.249 e. The highest BCUT2D eigenvalue weighted by molar-refractivity contribution is 7.89. The van der Waals surface area contributed by atoms with E-state index in [1.54, 1.807) is 0 Å². The van der Waals surface area contributed by atoms with E-state index >= 15 is 0 Å². The third-order valence-corrected chi connectivity index (χ3v) is 5.20. The molecule has 0 radical (unpaired) electrons. The molecule has 10 heteroatoms. The van der Waals surface area contributed by atoms with Crippen molar-refractivity contribution in [2.75, 3.05) is 14.2 Å². The van der Waals surface area contributed by atoms with E-state index in [1.807, 2.05) is 0 Å². The number of hydrogen-bond acceptors (Lipinski definition) is 3. The third-order valence-electron chi connectivity index (χ3n) is 3.37. The highest BCUT2D eigenvalue weighted by atomic mass is 32.2. The van der Waals surface area contributed by atoms with Crippen LogP contribution in [0.2, 0.25) is 0 Å². The summed E-state index contributed by atoms with van der Waals surface area (Å²) in [5.41, 5.74) is 0.294. The number of hydrogen-bond donors (Lipinski definition) is 0. The first-order valence-corrected chi connectivity index (χ1v) is 8.16. The second-order valence-electron chi connectivity index (χ2n) is 5.01. The molecule has 0 aliphatic heterocycles. The summed E-state index contributed by atoms with van der Waals surface area (Å²) in [6.07, 6.45) is 0. The van der Waals surface area contributed by atoms with Gasteiger partial charge in [0.25, 0.3) is 0 Å². The van der Waals surface area contributed by atoms with Crippen LogP contribution in [0.5, 0.6) is 5.75 Å². The van der Waals surface area contributed by atoms with E-state index in [-0.39, 0.29) is 0 Å². The minimum absolute atomic E-state index is 0.294. The van der Waals surface area contributed by atoms with E-state index in [4.69, 9.17) is 0 Å². The van der Waals surface area contributed by atoms with E-state index in [1.165, 1.54) is 12.1 Å². The van der Waals surface area contributed by atoms with Gasteiger partial charge in [-0.05, 0) is 17.7 Å². The van der Waals surface area contributed by atoms with Gasteiger partial charge in [0, 0.05) is 13.6 Å².